The van der Waals surface area contributed by atoms with Crippen LogP contribution in [0.25, 0.3) is 0 Å². The van der Waals surface area contributed by atoms with Crippen LogP contribution in [0.1, 0.15) is 383 Å². The Bertz CT molecular complexity index is 1870. The third-order valence-electron chi connectivity index (χ3n) is 17.9. The number of carbonyl (C=O) groups excluding carboxylic acids is 4. The predicted molar refractivity (Wildman–Crippen MR) is 386 cm³/mol. The molecular formula is C76H148O17P2. The van der Waals surface area contributed by atoms with E-state index in [1.54, 1.807) is 0 Å². The van der Waals surface area contributed by atoms with Gasteiger partial charge in [0.15, 0.2) is 12.2 Å². The van der Waals surface area contributed by atoms with Gasteiger partial charge in [0, 0.05) is 25.7 Å². The first kappa shape index (κ1) is 93.1. The summed E-state index contributed by atoms with van der Waals surface area (Å²) in [7, 11) is -9.91. The first-order valence-corrected chi connectivity index (χ1v) is 42.2. The fourth-order valence-corrected chi connectivity index (χ4v) is 13.1. The fourth-order valence-electron chi connectivity index (χ4n) is 11.5. The lowest BCUT2D eigenvalue weighted by molar-refractivity contribution is -0.161. The summed E-state index contributed by atoms with van der Waals surface area (Å²) in [4.78, 5) is 72.8. The minimum atomic E-state index is -4.96. The quantitative estimate of drug-likeness (QED) is 0.0222. The second-order valence-corrected chi connectivity index (χ2v) is 32.0. The van der Waals surface area contributed by atoms with Gasteiger partial charge in [-0.3, -0.25) is 37.3 Å². The lowest BCUT2D eigenvalue weighted by atomic mass is 10.00. The number of phosphoric acid groups is 2. The van der Waals surface area contributed by atoms with Gasteiger partial charge in [0.2, 0.25) is 0 Å². The van der Waals surface area contributed by atoms with Crippen molar-refractivity contribution < 1.29 is 80.2 Å². The minimum absolute atomic E-state index is 0.103. The largest absolute Gasteiger partial charge is 0.472 e. The zero-order valence-electron chi connectivity index (χ0n) is 62.3. The maximum Gasteiger partial charge on any atom is 0.472 e. The van der Waals surface area contributed by atoms with Crippen LogP contribution in [0.3, 0.4) is 0 Å². The number of aliphatic hydroxyl groups excluding tert-OH is 1. The van der Waals surface area contributed by atoms with Crippen LogP contribution in [0, 0.1) is 23.7 Å². The molecule has 0 bridgehead atoms. The fraction of sp³-hybridized carbons (Fsp3) is 0.947. The summed E-state index contributed by atoms with van der Waals surface area (Å²) in [5.41, 5.74) is 0. The molecule has 19 heteroatoms. The number of phosphoric ester groups is 2. The first-order valence-electron chi connectivity index (χ1n) is 39.2. The van der Waals surface area contributed by atoms with Crippen LogP contribution in [0.4, 0.5) is 0 Å². The first-order chi connectivity index (χ1) is 45.6. The van der Waals surface area contributed by atoms with E-state index in [1.807, 2.05) is 0 Å². The van der Waals surface area contributed by atoms with Crippen LogP contribution < -0.4 is 0 Å². The van der Waals surface area contributed by atoms with Gasteiger partial charge in [-0.2, -0.15) is 0 Å². The molecule has 0 aromatic rings. The molecule has 0 fully saturated rings. The topological polar surface area (TPSA) is 237 Å². The highest BCUT2D eigenvalue weighted by molar-refractivity contribution is 7.47. The molecule has 0 saturated heterocycles. The van der Waals surface area contributed by atoms with E-state index < -0.39 is 97.5 Å². The molecule has 0 aromatic carbocycles. The van der Waals surface area contributed by atoms with Crippen LogP contribution in [0.15, 0.2) is 0 Å². The summed E-state index contributed by atoms with van der Waals surface area (Å²) < 4.78 is 68.5. The Morgan fingerprint density at radius 2 is 0.505 bits per heavy atom. The van der Waals surface area contributed by atoms with Crippen molar-refractivity contribution in [2.45, 2.75) is 401 Å². The van der Waals surface area contributed by atoms with Crippen molar-refractivity contribution >= 4 is 39.5 Å². The average Bonchev–Trinajstić information content (AvgIpc) is 1.47. The molecule has 0 radical (unpaired) electrons. The van der Waals surface area contributed by atoms with E-state index in [9.17, 15) is 43.2 Å². The van der Waals surface area contributed by atoms with Gasteiger partial charge in [0.1, 0.15) is 19.3 Å². The molecule has 0 amide bonds. The molecule has 0 rings (SSSR count). The number of hydrogen-bond acceptors (Lipinski definition) is 15. The molecular weight excluding hydrogens is 1250 g/mol. The van der Waals surface area contributed by atoms with E-state index in [0.717, 1.165) is 114 Å². The average molecular weight is 1400 g/mol. The van der Waals surface area contributed by atoms with Crippen molar-refractivity contribution in [1.82, 2.24) is 0 Å². The number of ether oxygens (including phenoxy) is 4. The summed E-state index contributed by atoms with van der Waals surface area (Å²) >= 11 is 0. The molecule has 3 unspecified atom stereocenters. The van der Waals surface area contributed by atoms with Crippen LogP contribution in [0.2, 0.25) is 0 Å². The molecule has 564 valence electrons. The van der Waals surface area contributed by atoms with Crippen molar-refractivity contribution in [3.05, 3.63) is 0 Å². The lowest BCUT2D eigenvalue weighted by Crippen LogP contribution is -2.30. The van der Waals surface area contributed by atoms with Gasteiger partial charge >= 0.3 is 39.5 Å². The van der Waals surface area contributed by atoms with Gasteiger partial charge in [-0.25, -0.2) is 9.13 Å². The van der Waals surface area contributed by atoms with Crippen molar-refractivity contribution in [3.63, 3.8) is 0 Å². The Morgan fingerprint density at radius 1 is 0.295 bits per heavy atom. The maximum absolute atomic E-state index is 13.1. The Morgan fingerprint density at radius 3 is 0.747 bits per heavy atom. The Kier molecular flexibility index (Phi) is 64.0. The zero-order valence-corrected chi connectivity index (χ0v) is 64.1. The van der Waals surface area contributed by atoms with Crippen LogP contribution in [0.5, 0.6) is 0 Å². The highest BCUT2D eigenvalue weighted by atomic mass is 31.2. The zero-order chi connectivity index (χ0) is 70.3. The normalized spacial score (nSPS) is 14.4. The van der Waals surface area contributed by atoms with Crippen LogP contribution >= 0.6 is 15.6 Å². The summed E-state index contributed by atoms with van der Waals surface area (Å²) in [5, 5.41) is 10.6. The summed E-state index contributed by atoms with van der Waals surface area (Å²) in [6.45, 7) is 14.1. The van der Waals surface area contributed by atoms with Crippen molar-refractivity contribution in [1.29, 1.82) is 0 Å². The third kappa shape index (κ3) is 69.0. The van der Waals surface area contributed by atoms with Gasteiger partial charge in [-0.05, 0) is 49.4 Å². The number of aliphatic hydroxyl groups is 1. The number of rotatable bonds is 73. The highest BCUT2D eigenvalue weighted by Crippen LogP contribution is 2.45. The smallest absolute Gasteiger partial charge is 0.462 e. The molecule has 3 N–H and O–H groups in total. The monoisotopic (exact) mass is 1400 g/mol. The summed E-state index contributed by atoms with van der Waals surface area (Å²) in [6, 6.07) is 0. The predicted octanol–water partition coefficient (Wildman–Crippen LogP) is 22.0. The molecule has 95 heavy (non-hydrogen) atoms. The molecule has 17 nitrogen and oxygen atoms in total. The Labute approximate surface area is 581 Å². The van der Waals surface area contributed by atoms with Crippen LogP contribution in [-0.4, -0.2) is 96.7 Å². The molecule has 0 aliphatic heterocycles. The lowest BCUT2D eigenvalue weighted by Gasteiger charge is -2.21. The Balaban J connectivity index is 5.19. The maximum atomic E-state index is 13.1. The number of unbranched alkanes of at least 4 members (excludes halogenated alkanes) is 38. The van der Waals surface area contributed by atoms with E-state index in [1.165, 1.54) is 180 Å². The van der Waals surface area contributed by atoms with Gasteiger partial charge in [0.05, 0.1) is 26.4 Å². The summed E-state index contributed by atoms with van der Waals surface area (Å²) in [5.74, 6) is 0.903. The van der Waals surface area contributed by atoms with Crippen molar-refractivity contribution in [3.8, 4) is 0 Å². The molecule has 0 saturated carbocycles. The molecule has 0 aliphatic rings. The Hall–Kier alpha value is -1.94. The van der Waals surface area contributed by atoms with Gasteiger partial charge in [-0.1, -0.05) is 331 Å². The number of esters is 4. The molecule has 0 spiro atoms. The van der Waals surface area contributed by atoms with Crippen LogP contribution in [-0.2, 0) is 65.4 Å². The highest BCUT2D eigenvalue weighted by Gasteiger charge is 2.30. The second kappa shape index (κ2) is 65.4. The van der Waals surface area contributed by atoms with E-state index in [4.69, 9.17) is 37.0 Å². The number of carbonyl (C=O) groups is 4. The van der Waals surface area contributed by atoms with E-state index >= 15 is 0 Å². The molecule has 0 aromatic heterocycles. The summed E-state index contributed by atoms with van der Waals surface area (Å²) in [6.07, 6.45) is 50.1. The van der Waals surface area contributed by atoms with Gasteiger partial charge in [-0.15, -0.1) is 0 Å². The SMILES string of the molecule is CCC(C)CCCCCCCCC(=O)OC[C@H](COP(=O)(O)OC[C@H](O)COP(=O)(O)OC[C@@H](COC(=O)CCCCCCCCCCCCCCCC(C)C)OC(=O)CCCCCCCCCC(C)C)OC(=O)CCCCCCCCCCCCCCCCCCC(C)C. The minimum Gasteiger partial charge on any atom is -0.462 e. The van der Waals surface area contributed by atoms with E-state index in [-0.39, 0.29) is 25.7 Å². The molecule has 0 aliphatic carbocycles. The van der Waals surface area contributed by atoms with E-state index in [2.05, 4.69) is 55.4 Å². The van der Waals surface area contributed by atoms with Crippen molar-refractivity contribution in [2.24, 2.45) is 23.7 Å². The van der Waals surface area contributed by atoms with E-state index in [0.29, 0.717) is 31.6 Å². The standard InChI is InChI=1S/C76H148O17P2/c1-9-69(8)55-47-39-34-35-41-49-57-74(79)87-63-72(92-75(80)58-50-42-32-26-22-17-13-11-10-12-15-19-23-28-36-44-52-66(2)3)65-91-95(84,85)89-61-70(77)60-88-94(82,83)90-64-71(93-76(81)59-51-43-33-27-30-38-46-54-68(6)7)62-86-73(78)56-48-40-31-25-21-18-14-16-20-24-29-37-45-53-67(4)5/h66-72,77H,9-65H2,1-8H3,(H,82,83)(H,84,85)/t69?,70-,71-,72-/m1/s1. The molecule has 6 atom stereocenters. The molecule has 0 heterocycles. The van der Waals surface area contributed by atoms with Gasteiger partial charge < -0.3 is 33.8 Å². The van der Waals surface area contributed by atoms with Crippen molar-refractivity contribution in [2.75, 3.05) is 39.6 Å². The third-order valence-corrected chi connectivity index (χ3v) is 19.8. The number of hydrogen-bond donors (Lipinski definition) is 3. The second-order valence-electron chi connectivity index (χ2n) is 29.1. The van der Waals surface area contributed by atoms with Gasteiger partial charge in [0.25, 0.3) is 0 Å².